The standard InChI is InChI=1S/C9H15N5O/c1-7-10-12-14(11-7)9-4-3-5-13(6-9)8(2)15/h9H,3-6H2,1-2H3. The lowest BCUT2D eigenvalue weighted by atomic mass is 10.1. The first-order valence-corrected chi connectivity index (χ1v) is 5.18. The number of hydrogen-bond donors (Lipinski definition) is 0. The molecule has 1 aliphatic rings. The molecule has 2 rings (SSSR count). The van der Waals surface area contributed by atoms with Gasteiger partial charge in [0.2, 0.25) is 5.91 Å². The predicted molar refractivity (Wildman–Crippen MR) is 53.1 cm³/mol. The van der Waals surface area contributed by atoms with Crippen molar-refractivity contribution in [2.24, 2.45) is 0 Å². The van der Waals surface area contributed by atoms with Crippen LogP contribution < -0.4 is 0 Å². The summed E-state index contributed by atoms with van der Waals surface area (Å²) in [6.07, 6.45) is 2.02. The molecule has 0 saturated carbocycles. The van der Waals surface area contributed by atoms with E-state index in [0.29, 0.717) is 12.4 Å². The number of hydrogen-bond acceptors (Lipinski definition) is 4. The molecule has 1 amide bonds. The van der Waals surface area contributed by atoms with Gasteiger partial charge in [0.15, 0.2) is 5.82 Å². The van der Waals surface area contributed by atoms with Crippen molar-refractivity contribution in [3.05, 3.63) is 5.82 Å². The molecule has 1 saturated heterocycles. The summed E-state index contributed by atoms with van der Waals surface area (Å²) in [6.45, 7) is 4.96. The van der Waals surface area contributed by atoms with E-state index in [1.165, 1.54) is 0 Å². The number of tetrazole rings is 1. The van der Waals surface area contributed by atoms with E-state index < -0.39 is 0 Å². The number of rotatable bonds is 1. The van der Waals surface area contributed by atoms with Crippen molar-refractivity contribution >= 4 is 5.91 Å². The van der Waals surface area contributed by atoms with Gasteiger partial charge in [0.1, 0.15) is 0 Å². The van der Waals surface area contributed by atoms with E-state index in [9.17, 15) is 4.79 Å². The van der Waals surface area contributed by atoms with Crippen LogP contribution in [-0.2, 0) is 4.79 Å². The molecular formula is C9H15N5O. The number of aryl methyl sites for hydroxylation is 1. The third-order valence-corrected chi connectivity index (χ3v) is 2.70. The quantitative estimate of drug-likeness (QED) is 0.661. The average Bonchev–Trinajstić information content (AvgIpc) is 2.65. The van der Waals surface area contributed by atoms with E-state index in [2.05, 4.69) is 15.4 Å². The minimum atomic E-state index is 0.122. The van der Waals surface area contributed by atoms with Crippen LogP contribution in [0, 0.1) is 6.92 Å². The SMILES string of the molecule is CC(=O)N1CCCC(n2nnc(C)n2)C1. The third kappa shape index (κ3) is 2.14. The molecular weight excluding hydrogens is 194 g/mol. The van der Waals surface area contributed by atoms with Crippen molar-refractivity contribution in [3.63, 3.8) is 0 Å². The van der Waals surface area contributed by atoms with E-state index in [0.717, 1.165) is 19.4 Å². The Morgan fingerprint density at radius 1 is 1.53 bits per heavy atom. The van der Waals surface area contributed by atoms with Crippen molar-refractivity contribution in [1.82, 2.24) is 25.1 Å². The van der Waals surface area contributed by atoms with Gasteiger partial charge in [-0.15, -0.1) is 10.2 Å². The predicted octanol–water partition coefficient (Wildman–Crippen LogP) is 0.165. The van der Waals surface area contributed by atoms with Crippen LogP contribution in [0.2, 0.25) is 0 Å². The van der Waals surface area contributed by atoms with Gasteiger partial charge in [0.05, 0.1) is 6.04 Å². The van der Waals surface area contributed by atoms with Gasteiger partial charge in [-0.1, -0.05) is 0 Å². The first-order chi connectivity index (χ1) is 7.16. The van der Waals surface area contributed by atoms with Gasteiger partial charge >= 0.3 is 0 Å². The minimum absolute atomic E-state index is 0.122. The molecule has 1 atom stereocenters. The zero-order valence-electron chi connectivity index (χ0n) is 9.05. The first-order valence-electron chi connectivity index (χ1n) is 5.18. The van der Waals surface area contributed by atoms with E-state index in [1.807, 2.05) is 11.8 Å². The zero-order valence-corrected chi connectivity index (χ0v) is 9.05. The smallest absolute Gasteiger partial charge is 0.219 e. The number of likely N-dealkylation sites (tertiary alicyclic amines) is 1. The molecule has 0 aromatic carbocycles. The highest BCUT2D eigenvalue weighted by atomic mass is 16.2. The van der Waals surface area contributed by atoms with Crippen LogP contribution in [0.5, 0.6) is 0 Å². The average molecular weight is 209 g/mol. The second kappa shape index (κ2) is 3.96. The number of piperidine rings is 1. The van der Waals surface area contributed by atoms with E-state index in [4.69, 9.17) is 0 Å². The van der Waals surface area contributed by atoms with Crippen molar-refractivity contribution in [2.75, 3.05) is 13.1 Å². The number of aromatic nitrogens is 4. The Balaban J connectivity index is 2.07. The molecule has 15 heavy (non-hydrogen) atoms. The van der Waals surface area contributed by atoms with Crippen LogP contribution in [0.15, 0.2) is 0 Å². The molecule has 1 aromatic heterocycles. The largest absolute Gasteiger partial charge is 0.341 e. The summed E-state index contributed by atoms with van der Waals surface area (Å²) < 4.78 is 0. The van der Waals surface area contributed by atoms with Crippen molar-refractivity contribution in [2.45, 2.75) is 32.7 Å². The third-order valence-electron chi connectivity index (χ3n) is 2.70. The topological polar surface area (TPSA) is 63.9 Å². The highest BCUT2D eigenvalue weighted by Crippen LogP contribution is 2.19. The maximum atomic E-state index is 11.2. The molecule has 1 unspecified atom stereocenters. The van der Waals surface area contributed by atoms with Crippen LogP contribution in [-0.4, -0.2) is 44.1 Å². The van der Waals surface area contributed by atoms with Gasteiger partial charge in [0, 0.05) is 20.0 Å². The van der Waals surface area contributed by atoms with Gasteiger partial charge in [-0.2, -0.15) is 4.80 Å². The molecule has 1 aromatic rings. The summed E-state index contributed by atoms with van der Waals surface area (Å²) in [5, 5.41) is 12.0. The Morgan fingerprint density at radius 3 is 2.93 bits per heavy atom. The normalized spacial score (nSPS) is 21.7. The molecule has 0 spiro atoms. The summed E-state index contributed by atoms with van der Waals surface area (Å²) >= 11 is 0. The fourth-order valence-corrected chi connectivity index (χ4v) is 1.88. The number of amides is 1. The van der Waals surface area contributed by atoms with Crippen LogP contribution in [0.25, 0.3) is 0 Å². The Hall–Kier alpha value is -1.46. The molecule has 6 nitrogen and oxygen atoms in total. The molecule has 6 heteroatoms. The van der Waals surface area contributed by atoms with Crippen LogP contribution in [0.3, 0.4) is 0 Å². The lowest BCUT2D eigenvalue weighted by Crippen LogP contribution is -2.40. The van der Waals surface area contributed by atoms with Crippen LogP contribution in [0.4, 0.5) is 0 Å². The molecule has 2 heterocycles. The second-order valence-electron chi connectivity index (χ2n) is 3.92. The molecule has 0 N–H and O–H groups in total. The zero-order chi connectivity index (χ0) is 10.8. The van der Waals surface area contributed by atoms with Gasteiger partial charge in [-0.05, 0) is 25.0 Å². The van der Waals surface area contributed by atoms with Crippen molar-refractivity contribution in [3.8, 4) is 0 Å². The summed E-state index contributed by atoms with van der Waals surface area (Å²) in [7, 11) is 0. The van der Waals surface area contributed by atoms with E-state index in [-0.39, 0.29) is 11.9 Å². The Morgan fingerprint density at radius 2 is 2.33 bits per heavy atom. The lowest BCUT2D eigenvalue weighted by Gasteiger charge is -2.30. The van der Waals surface area contributed by atoms with Gasteiger partial charge in [0.25, 0.3) is 0 Å². The van der Waals surface area contributed by atoms with Gasteiger partial charge < -0.3 is 4.90 Å². The summed E-state index contributed by atoms with van der Waals surface area (Å²) in [5.41, 5.74) is 0. The van der Waals surface area contributed by atoms with Gasteiger partial charge in [-0.3, -0.25) is 4.79 Å². The Kier molecular flexibility index (Phi) is 2.66. The monoisotopic (exact) mass is 209 g/mol. The maximum absolute atomic E-state index is 11.2. The molecule has 1 aliphatic heterocycles. The molecule has 0 aliphatic carbocycles. The molecule has 1 fully saturated rings. The first kappa shape index (κ1) is 10.1. The Labute approximate surface area is 88.2 Å². The fraction of sp³-hybridized carbons (Fsp3) is 0.778. The summed E-state index contributed by atoms with van der Waals surface area (Å²) in [4.78, 5) is 14.7. The van der Waals surface area contributed by atoms with Crippen LogP contribution >= 0.6 is 0 Å². The van der Waals surface area contributed by atoms with E-state index in [1.54, 1.807) is 11.7 Å². The summed E-state index contributed by atoms with van der Waals surface area (Å²) in [6, 6.07) is 0.184. The minimum Gasteiger partial charge on any atom is -0.341 e. The van der Waals surface area contributed by atoms with Crippen molar-refractivity contribution in [1.29, 1.82) is 0 Å². The van der Waals surface area contributed by atoms with Crippen LogP contribution in [0.1, 0.15) is 31.6 Å². The maximum Gasteiger partial charge on any atom is 0.219 e. The highest BCUT2D eigenvalue weighted by molar-refractivity contribution is 5.73. The summed E-state index contributed by atoms with van der Waals surface area (Å²) in [5.74, 6) is 0.798. The fourth-order valence-electron chi connectivity index (χ4n) is 1.88. The van der Waals surface area contributed by atoms with E-state index >= 15 is 0 Å². The number of carbonyl (C=O) groups excluding carboxylic acids is 1. The number of nitrogens with zero attached hydrogens (tertiary/aromatic N) is 5. The number of carbonyl (C=O) groups is 1. The van der Waals surface area contributed by atoms with Crippen molar-refractivity contribution < 1.29 is 4.79 Å². The Bertz CT molecular complexity index is 361. The molecule has 0 radical (unpaired) electrons. The second-order valence-corrected chi connectivity index (χ2v) is 3.92. The highest BCUT2D eigenvalue weighted by Gasteiger charge is 2.24. The molecule has 0 bridgehead atoms. The van der Waals surface area contributed by atoms with Gasteiger partial charge in [-0.25, -0.2) is 0 Å². The lowest BCUT2D eigenvalue weighted by molar-refractivity contribution is -0.130. The molecule has 82 valence electrons.